The van der Waals surface area contributed by atoms with E-state index >= 15 is 0 Å². The molecule has 1 aromatic heterocycles. The van der Waals surface area contributed by atoms with Crippen LogP contribution in [0.1, 0.15) is 49.0 Å². The smallest absolute Gasteiger partial charge is 0.271 e. The summed E-state index contributed by atoms with van der Waals surface area (Å²) >= 11 is 0. The third kappa shape index (κ3) is 2.72. The molecule has 2 aromatic rings. The highest BCUT2D eigenvalue weighted by molar-refractivity contribution is 5.99. The van der Waals surface area contributed by atoms with E-state index in [-0.39, 0.29) is 5.91 Å². The van der Waals surface area contributed by atoms with Crippen LogP contribution in [0.2, 0.25) is 0 Å². The molecule has 0 saturated carbocycles. The molecular formula is C25H31N3O. The first kappa shape index (κ1) is 17.8. The fraction of sp³-hybridized carbons (Fsp3) is 0.560. The van der Waals surface area contributed by atoms with Crippen LogP contribution in [-0.4, -0.2) is 52.0 Å². The SMILES string of the molecule is Cn1c(C(=O)N2CCCC3=C[C@H]4C[C@H](CN5CCCC[C@@H]45)[C@H]32)cc2ccccc21. The van der Waals surface area contributed by atoms with Gasteiger partial charge >= 0.3 is 0 Å². The van der Waals surface area contributed by atoms with E-state index in [4.69, 9.17) is 0 Å². The molecule has 1 aromatic carbocycles. The van der Waals surface area contributed by atoms with E-state index < -0.39 is 0 Å². The van der Waals surface area contributed by atoms with Crippen molar-refractivity contribution in [3.05, 3.63) is 47.7 Å². The molecule has 4 atom stereocenters. The molecule has 2 bridgehead atoms. The largest absolute Gasteiger partial charge is 0.340 e. The molecule has 4 nitrogen and oxygen atoms in total. The minimum atomic E-state index is 0.221. The van der Waals surface area contributed by atoms with Crippen molar-refractivity contribution < 1.29 is 4.79 Å². The number of nitrogens with zero attached hydrogens (tertiary/aromatic N) is 3. The van der Waals surface area contributed by atoms with Crippen molar-refractivity contribution in [2.75, 3.05) is 19.6 Å². The van der Waals surface area contributed by atoms with E-state index in [9.17, 15) is 4.79 Å². The number of fused-ring (bicyclic) bond motifs is 7. The number of para-hydroxylation sites is 1. The van der Waals surface area contributed by atoms with Gasteiger partial charge in [-0.1, -0.05) is 36.3 Å². The van der Waals surface area contributed by atoms with E-state index in [0.29, 0.717) is 17.9 Å². The second kappa shape index (κ2) is 6.73. The maximum absolute atomic E-state index is 13.8. The van der Waals surface area contributed by atoms with Gasteiger partial charge in [0.25, 0.3) is 5.91 Å². The van der Waals surface area contributed by atoms with Crippen LogP contribution in [0.25, 0.3) is 10.9 Å². The first-order valence-corrected chi connectivity index (χ1v) is 11.5. The minimum absolute atomic E-state index is 0.221. The van der Waals surface area contributed by atoms with E-state index in [1.165, 1.54) is 45.2 Å². The Bertz CT molecular complexity index is 989. The van der Waals surface area contributed by atoms with Crippen LogP contribution in [0.15, 0.2) is 42.0 Å². The summed E-state index contributed by atoms with van der Waals surface area (Å²) in [6.45, 7) is 3.33. The predicted octanol–water partition coefficient (Wildman–Crippen LogP) is 4.21. The molecule has 29 heavy (non-hydrogen) atoms. The van der Waals surface area contributed by atoms with Gasteiger partial charge in [0, 0.05) is 37.1 Å². The third-order valence-corrected chi connectivity index (χ3v) is 8.09. The number of hydrogen-bond donors (Lipinski definition) is 0. The molecule has 4 heteroatoms. The average Bonchev–Trinajstić information content (AvgIpc) is 3.10. The Morgan fingerprint density at radius 2 is 2.00 bits per heavy atom. The van der Waals surface area contributed by atoms with Crippen molar-refractivity contribution in [2.45, 2.75) is 50.6 Å². The van der Waals surface area contributed by atoms with E-state index in [1.807, 2.05) is 7.05 Å². The average molecular weight is 390 g/mol. The summed E-state index contributed by atoms with van der Waals surface area (Å²) in [5.41, 5.74) is 3.54. The van der Waals surface area contributed by atoms with Gasteiger partial charge in [-0.05, 0) is 62.6 Å². The standard InChI is InChI=1S/C25H31N3O/c1-26-21-9-3-2-7-17(21)15-23(26)25(29)28-12-6-8-18-13-19-14-20(24(18)28)16-27-11-5-4-10-22(19)27/h2-3,7,9,13,15,19-20,22,24H,4-6,8,10-12,14,16H2,1H3/t19-,20+,22-,24-/m0/s1. The highest BCUT2D eigenvalue weighted by atomic mass is 16.2. The maximum atomic E-state index is 13.8. The summed E-state index contributed by atoms with van der Waals surface area (Å²) in [7, 11) is 2.03. The second-order valence-electron chi connectivity index (χ2n) is 9.65. The molecule has 3 saturated heterocycles. The molecule has 3 aliphatic heterocycles. The predicted molar refractivity (Wildman–Crippen MR) is 116 cm³/mol. The molecule has 6 rings (SSSR count). The number of benzene rings is 1. The van der Waals surface area contributed by atoms with Crippen LogP contribution in [0.3, 0.4) is 0 Å². The Morgan fingerprint density at radius 3 is 2.90 bits per heavy atom. The normalized spacial score (nSPS) is 31.9. The first-order chi connectivity index (χ1) is 14.2. The van der Waals surface area contributed by atoms with Crippen molar-refractivity contribution in [3.8, 4) is 0 Å². The molecule has 3 fully saturated rings. The monoisotopic (exact) mass is 389 g/mol. The van der Waals surface area contributed by atoms with Crippen LogP contribution in [-0.2, 0) is 7.05 Å². The van der Waals surface area contributed by atoms with Gasteiger partial charge < -0.3 is 9.47 Å². The number of rotatable bonds is 1. The van der Waals surface area contributed by atoms with Gasteiger partial charge in [-0.25, -0.2) is 0 Å². The third-order valence-electron chi connectivity index (χ3n) is 8.09. The lowest BCUT2D eigenvalue weighted by Gasteiger charge is -2.54. The zero-order valence-electron chi connectivity index (χ0n) is 17.4. The summed E-state index contributed by atoms with van der Waals surface area (Å²) in [6.07, 6.45) is 10.3. The zero-order chi connectivity index (χ0) is 19.5. The van der Waals surface area contributed by atoms with Crippen LogP contribution in [0, 0.1) is 11.8 Å². The second-order valence-corrected chi connectivity index (χ2v) is 9.65. The van der Waals surface area contributed by atoms with Crippen LogP contribution >= 0.6 is 0 Å². The molecule has 4 aliphatic rings. The molecule has 1 aliphatic carbocycles. The lowest BCUT2D eigenvalue weighted by molar-refractivity contribution is 0.00123. The number of aromatic nitrogens is 1. The fourth-order valence-corrected chi connectivity index (χ4v) is 6.84. The Kier molecular flexibility index (Phi) is 4.12. The number of amides is 1. The quantitative estimate of drug-likeness (QED) is 0.684. The van der Waals surface area contributed by atoms with Crippen LogP contribution in [0.4, 0.5) is 0 Å². The molecule has 4 heterocycles. The zero-order valence-corrected chi connectivity index (χ0v) is 17.4. The van der Waals surface area contributed by atoms with Crippen molar-refractivity contribution in [1.29, 1.82) is 0 Å². The maximum Gasteiger partial charge on any atom is 0.271 e. The number of piperidine rings is 3. The Hall–Kier alpha value is -2.07. The number of carbonyl (C=O) groups excluding carboxylic acids is 1. The molecule has 0 spiro atoms. The Labute approximate surface area is 173 Å². The van der Waals surface area contributed by atoms with Gasteiger partial charge in [-0.3, -0.25) is 9.69 Å². The number of aryl methyl sites for hydroxylation is 1. The van der Waals surface area contributed by atoms with Gasteiger partial charge in [0.05, 0.1) is 6.04 Å². The van der Waals surface area contributed by atoms with Gasteiger partial charge in [0.15, 0.2) is 0 Å². The van der Waals surface area contributed by atoms with Crippen molar-refractivity contribution >= 4 is 16.8 Å². The summed E-state index contributed by atoms with van der Waals surface area (Å²) in [4.78, 5) is 18.7. The molecule has 0 radical (unpaired) electrons. The molecule has 0 N–H and O–H groups in total. The number of hydrogen-bond acceptors (Lipinski definition) is 2. The van der Waals surface area contributed by atoms with Gasteiger partial charge in [0.1, 0.15) is 5.69 Å². The fourth-order valence-electron chi connectivity index (χ4n) is 6.84. The van der Waals surface area contributed by atoms with Gasteiger partial charge in [0.2, 0.25) is 0 Å². The lowest BCUT2D eigenvalue weighted by atomic mass is 9.68. The Balaban J connectivity index is 1.36. The van der Waals surface area contributed by atoms with Gasteiger partial charge in [-0.15, -0.1) is 0 Å². The van der Waals surface area contributed by atoms with Crippen molar-refractivity contribution in [3.63, 3.8) is 0 Å². The van der Waals surface area contributed by atoms with Gasteiger partial charge in [-0.2, -0.15) is 0 Å². The van der Waals surface area contributed by atoms with Crippen molar-refractivity contribution in [2.24, 2.45) is 18.9 Å². The lowest BCUT2D eigenvalue weighted by Crippen LogP contribution is -2.60. The summed E-state index contributed by atoms with van der Waals surface area (Å²) < 4.78 is 2.09. The molecule has 152 valence electrons. The van der Waals surface area contributed by atoms with Crippen LogP contribution in [0.5, 0.6) is 0 Å². The molecule has 1 amide bonds. The summed E-state index contributed by atoms with van der Waals surface area (Å²) in [6, 6.07) is 11.5. The number of carbonyl (C=O) groups is 1. The first-order valence-electron chi connectivity index (χ1n) is 11.5. The van der Waals surface area contributed by atoms with Crippen molar-refractivity contribution in [1.82, 2.24) is 14.4 Å². The van der Waals surface area contributed by atoms with E-state index in [0.717, 1.165) is 35.6 Å². The highest BCUT2D eigenvalue weighted by Gasteiger charge is 2.47. The van der Waals surface area contributed by atoms with Crippen LogP contribution < -0.4 is 0 Å². The minimum Gasteiger partial charge on any atom is -0.340 e. The Morgan fingerprint density at radius 1 is 1.10 bits per heavy atom. The highest BCUT2D eigenvalue weighted by Crippen LogP contribution is 2.45. The van der Waals surface area contributed by atoms with E-state index in [2.05, 4.69) is 50.8 Å². The molecule has 0 unspecified atom stereocenters. The molecular weight excluding hydrogens is 358 g/mol. The van der Waals surface area contributed by atoms with E-state index in [1.54, 1.807) is 5.57 Å². The topological polar surface area (TPSA) is 28.5 Å². The summed E-state index contributed by atoms with van der Waals surface area (Å²) in [5.74, 6) is 1.54. The number of likely N-dealkylation sites (tertiary alicyclic amines) is 1. The summed E-state index contributed by atoms with van der Waals surface area (Å²) in [5, 5.41) is 1.16.